The third-order valence-electron chi connectivity index (χ3n) is 7.74. The maximum atomic E-state index is 13.0. The number of aromatic nitrogens is 3. The lowest BCUT2D eigenvalue weighted by atomic mass is 9.93. The fourth-order valence-corrected chi connectivity index (χ4v) is 8.68. The average Bonchev–Trinajstić information content (AvgIpc) is 3.73. The van der Waals surface area contributed by atoms with Crippen molar-refractivity contribution in [2.45, 2.75) is 44.3 Å². The van der Waals surface area contributed by atoms with Gasteiger partial charge in [-0.2, -0.15) is 5.10 Å². The molecule has 5 heterocycles. The third-order valence-corrected chi connectivity index (χ3v) is 11.3. The fourth-order valence-electron chi connectivity index (χ4n) is 5.39. The van der Waals surface area contributed by atoms with Crippen molar-refractivity contribution >= 4 is 80.7 Å². The van der Waals surface area contributed by atoms with Crippen LogP contribution in [-0.2, 0) is 17.8 Å². The van der Waals surface area contributed by atoms with Crippen molar-refractivity contribution in [1.29, 1.82) is 0 Å². The molecule has 0 amide bonds. The molecule has 0 aliphatic carbocycles. The SMILES string of the molecule is CC(C)[C@H]1Cc2c(sc3c2C2NN=C(SCC(=O)c4ccc(Cl)cc4)N2c2nnc(SCC(=O)c4ccc(Cl)cc4)n2-3)CO1. The highest BCUT2D eigenvalue weighted by Crippen LogP contribution is 2.49. The van der Waals surface area contributed by atoms with Gasteiger partial charge in [-0.05, 0) is 60.0 Å². The molecule has 4 aromatic rings. The van der Waals surface area contributed by atoms with Gasteiger partial charge >= 0.3 is 0 Å². The number of Topliss-reactive ketones (excluding diaryl/α,β-unsaturated/α-hetero) is 2. The number of hydrogen-bond acceptors (Lipinski definition) is 11. The van der Waals surface area contributed by atoms with Gasteiger partial charge in [0.05, 0.1) is 24.2 Å². The standard InChI is InChI=1S/C30H26Cl2N6O3S3/c1-15(2)23-11-20-24(12-41-23)44-27-25(20)26-33-35-29(42-13-21(39)16-3-7-18(31)8-4-16)37(26)28-34-36-30(38(27)28)43-14-22(40)17-5-9-19(32)10-6-17/h3-10,15,23,26,33H,11-14H2,1-2H3/t23-,26?/m1/s1. The molecule has 2 atom stereocenters. The third kappa shape index (κ3) is 5.45. The van der Waals surface area contributed by atoms with Gasteiger partial charge in [0, 0.05) is 38.0 Å². The van der Waals surface area contributed by atoms with Crippen LogP contribution < -0.4 is 10.3 Å². The summed E-state index contributed by atoms with van der Waals surface area (Å²) in [5.41, 5.74) is 6.86. The molecule has 0 spiro atoms. The first kappa shape index (κ1) is 29.8. The van der Waals surface area contributed by atoms with Crippen LogP contribution in [0.1, 0.15) is 56.7 Å². The van der Waals surface area contributed by atoms with Gasteiger partial charge < -0.3 is 4.74 Å². The van der Waals surface area contributed by atoms with Crippen LogP contribution in [0.5, 0.6) is 0 Å². The molecular weight excluding hydrogens is 659 g/mol. The zero-order valence-electron chi connectivity index (χ0n) is 23.6. The molecular formula is C30H26Cl2N6O3S3. The number of benzene rings is 2. The van der Waals surface area contributed by atoms with Gasteiger partial charge in [-0.15, -0.1) is 21.5 Å². The summed E-state index contributed by atoms with van der Waals surface area (Å²) < 4.78 is 8.24. The van der Waals surface area contributed by atoms with Crippen molar-refractivity contribution in [2.75, 3.05) is 16.4 Å². The van der Waals surface area contributed by atoms with Crippen molar-refractivity contribution in [3.63, 3.8) is 0 Å². The number of thiophene rings is 1. The second-order valence-corrected chi connectivity index (χ2v) is 14.7. The molecule has 44 heavy (non-hydrogen) atoms. The number of amidine groups is 1. The summed E-state index contributed by atoms with van der Waals surface area (Å²) in [5.74, 6) is 1.27. The molecule has 2 aromatic heterocycles. The number of hydrogen-bond donors (Lipinski definition) is 1. The number of ether oxygens (including phenoxy) is 1. The van der Waals surface area contributed by atoms with E-state index in [0.717, 1.165) is 17.0 Å². The lowest BCUT2D eigenvalue weighted by molar-refractivity contribution is 0.00135. The summed E-state index contributed by atoms with van der Waals surface area (Å²) in [6.45, 7) is 4.89. The number of nitrogens with zero attached hydrogens (tertiary/aromatic N) is 5. The van der Waals surface area contributed by atoms with Crippen LogP contribution in [0.25, 0.3) is 5.00 Å². The second-order valence-electron chi connectivity index (χ2n) is 10.9. The fraction of sp³-hybridized carbons (Fsp3) is 0.300. The van der Waals surface area contributed by atoms with Gasteiger partial charge in [-0.25, -0.2) is 4.57 Å². The molecule has 0 bridgehead atoms. The Kier molecular flexibility index (Phi) is 8.23. The smallest absolute Gasteiger partial charge is 0.241 e. The number of anilines is 1. The summed E-state index contributed by atoms with van der Waals surface area (Å²) in [4.78, 5) is 29.2. The quantitative estimate of drug-likeness (QED) is 0.155. The Bertz CT molecular complexity index is 1790. The summed E-state index contributed by atoms with van der Waals surface area (Å²) in [6, 6.07) is 13.8. The first-order valence-corrected chi connectivity index (χ1v) is 17.5. The molecule has 2 aromatic carbocycles. The van der Waals surface area contributed by atoms with E-state index in [0.29, 0.717) is 50.0 Å². The molecule has 0 saturated carbocycles. The maximum absolute atomic E-state index is 13.0. The van der Waals surface area contributed by atoms with E-state index in [9.17, 15) is 9.59 Å². The molecule has 0 saturated heterocycles. The summed E-state index contributed by atoms with van der Waals surface area (Å²) in [7, 11) is 0. The van der Waals surface area contributed by atoms with Gasteiger partial charge in [0.25, 0.3) is 0 Å². The van der Waals surface area contributed by atoms with Gasteiger partial charge in [-0.3, -0.25) is 19.9 Å². The van der Waals surface area contributed by atoms with E-state index in [4.69, 9.17) is 27.9 Å². The molecule has 1 unspecified atom stereocenters. The minimum absolute atomic E-state index is 0.0289. The van der Waals surface area contributed by atoms with Crippen LogP contribution >= 0.6 is 58.1 Å². The summed E-state index contributed by atoms with van der Waals surface area (Å²) in [5, 5.41) is 17.2. The summed E-state index contributed by atoms with van der Waals surface area (Å²) in [6.07, 6.45) is 0.599. The first-order chi connectivity index (χ1) is 21.3. The molecule has 9 nitrogen and oxygen atoms in total. The highest BCUT2D eigenvalue weighted by atomic mass is 35.5. The van der Waals surface area contributed by atoms with E-state index in [2.05, 4.69) is 34.6 Å². The maximum Gasteiger partial charge on any atom is 0.241 e. The Balaban J connectivity index is 1.21. The Hall–Kier alpha value is -2.87. The predicted molar refractivity (Wildman–Crippen MR) is 177 cm³/mol. The highest BCUT2D eigenvalue weighted by Gasteiger charge is 2.45. The van der Waals surface area contributed by atoms with Crippen LogP contribution in [0.3, 0.4) is 0 Å². The van der Waals surface area contributed by atoms with Crippen LogP contribution in [0.4, 0.5) is 5.95 Å². The number of thioether (sulfide) groups is 2. The van der Waals surface area contributed by atoms with E-state index in [1.165, 1.54) is 34.0 Å². The van der Waals surface area contributed by atoms with Crippen molar-refractivity contribution in [3.05, 3.63) is 85.7 Å². The molecule has 7 rings (SSSR count). The zero-order valence-corrected chi connectivity index (χ0v) is 27.6. The lowest BCUT2D eigenvalue weighted by Crippen LogP contribution is -2.39. The molecule has 1 N–H and O–H groups in total. The predicted octanol–water partition coefficient (Wildman–Crippen LogP) is 7.02. The number of halogens is 2. The topological polar surface area (TPSA) is 102 Å². The Labute approximate surface area is 276 Å². The van der Waals surface area contributed by atoms with Gasteiger partial charge in [0.2, 0.25) is 5.95 Å². The lowest BCUT2D eigenvalue weighted by Gasteiger charge is -2.33. The number of hydrazone groups is 1. The molecule has 3 aliphatic heterocycles. The number of carbonyl (C=O) groups is 2. The Morgan fingerprint density at radius 3 is 2.27 bits per heavy atom. The first-order valence-electron chi connectivity index (χ1n) is 14.0. The molecule has 14 heteroatoms. The van der Waals surface area contributed by atoms with Crippen LogP contribution in [-0.4, -0.2) is 49.1 Å². The molecule has 3 aliphatic rings. The van der Waals surface area contributed by atoms with Crippen molar-refractivity contribution in [2.24, 2.45) is 11.0 Å². The minimum Gasteiger partial charge on any atom is -0.372 e. The van der Waals surface area contributed by atoms with Crippen molar-refractivity contribution < 1.29 is 14.3 Å². The molecule has 0 fully saturated rings. The normalized spacial score (nSPS) is 18.3. The molecule has 0 radical (unpaired) electrons. The summed E-state index contributed by atoms with van der Waals surface area (Å²) >= 11 is 16.4. The van der Waals surface area contributed by atoms with Gasteiger partial charge in [-0.1, -0.05) is 60.6 Å². The number of rotatable bonds is 8. The highest BCUT2D eigenvalue weighted by molar-refractivity contribution is 8.14. The molecule has 226 valence electrons. The zero-order chi connectivity index (χ0) is 30.5. The number of nitrogens with one attached hydrogen (secondary N) is 1. The Morgan fingerprint density at radius 2 is 1.64 bits per heavy atom. The number of fused-ring (bicyclic) bond motifs is 8. The van der Waals surface area contributed by atoms with Gasteiger partial charge in [0.15, 0.2) is 28.1 Å². The van der Waals surface area contributed by atoms with Crippen molar-refractivity contribution in [1.82, 2.24) is 20.2 Å². The van der Waals surface area contributed by atoms with E-state index >= 15 is 0 Å². The van der Waals surface area contributed by atoms with E-state index < -0.39 is 0 Å². The minimum atomic E-state index is -0.297. The average molecular weight is 686 g/mol. The van der Waals surface area contributed by atoms with E-state index in [1.54, 1.807) is 59.9 Å². The van der Waals surface area contributed by atoms with Crippen LogP contribution in [0, 0.1) is 5.92 Å². The van der Waals surface area contributed by atoms with E-state index in [1.807, 2.05) is 9.47 Å². The van der Waals surface area contributed by atoms with Crippen LogP contribution in [0.15, 0.2) is 58.8 Å². The Morgan fingerprint density at radius 1 is 1.00 bits per heavy atom. The van der Waals surface area contributed by atoms with Crippen molar-refractivity contribution in [3.8, 4) is 5.00 Å². The monoisotopic (exact) mass is 684 g/mol. The van der Waals surface area contributed by atoms with Crippen LogP contribution in [0.2, 0.25) is 10.0 Å². The second kappa shape index (κ2) is 12.1. The number of carbonyl (C=O) groups excluding carboxylic acids is 2. The number of ketones is 2. The largest absolute Gasteiger partial charge is 0.372 e. The van der Waals surface area contributed by atoms with Gasteiger partial charge in [0.1, 0.15) is 5.00 Å². The van der Waals surface area contributed by atoms with E-state index in [-0.39, 0.29) is 35.3 Å².